The second-order valence-corrected chi connectivity index (χ2v) is 5.97. The van der Waals surface area contributed by atoms with E-state index in [1.807, 2.05) is 6.07 Å². The van der Waals surface area contributed by atoms with Gasteiger partial charge in [0.25, 0.3) is 0 Å². The number of esters is 1. The Kier molecular flexibility index (Phi) is 5.89. The Morgan fingerprint density at radius 3 is 2.11 bits per heavy atom. The Balaban J connectivity index is 2.02. The molecule has 0 aliphatic rings. The summed E-state index contributed by atoms with van der Waals surface area (Å²) in [5.74, 6) is -3.78. The average Bonchev–Trinajstić information content (AvgIpc) is 2.71. The molecule has 3 aromatic rings. The van der Waals surface area contributed by atoms with Gasteiger partial charge in [-0.2, -0.15) is 4.39 Å². The summed E-state index contributed by atoms with van der Waals surface area (Å²) in [6.07, 6.45) is 0. The van der Waals surface area contributed by atoms with E-state index in [-0.39, 0.29) is 23.5 Å². The second kappa shape index (κ2) is 8.52. The van der Waals surface area contributed by atoms with Crippen molar-refractivity contribution in [2.45, 2.75) is 13.5 Å². The van der Waals surface area contributed by atoms with Crippen LogP contribution < -0.4 is 14.2 Å². The number of para-hydroxylation sites is 1. The van der Waals surface area contributed by atoms with Crippen LogP contribution >= 0.6 is 0 Å². The molecule has 144 valence electrons. The van der Waals surface area contributed by atoms with Gasteiger partial charge in [0.15, 0.2) is 17.3 Å². The quantitative estimate of drug-likeness (QED) is 0.439. The molecule has 0 unspecified atom stereocenters. The fraction of sp³-hybridized carbons (Fsp3) is 0.136. The first-order valence-corrected chi connectivity index (χ1v) is 8.52. The van der Waals surface area contributed by atoms with Gasteiger partial charge in [0.05, 0.1) is 7.11 Å². The Bertz CT molecular complexity index is 973. The van der Waals surface area contributed by atoms with Crippen molar-refractivity contribution < 1.29 is 27.8 Å². The number of hydrogen-bond acceptors (Lipinski definition) is 4. The van der Waals surface area contributed by atoms with E-state index in [9.17, 15) is 13.6 Å². The molecule has 4 nitrogen and oxygen atoms in total. The first-order chi connectivity index (χ1) is 13.5. The third-order valence-corrected chi connectivity index (χ3v) is 4.12. The number of carbonyl (C=O) groups is 1. The van der Waals surface area contributed by atoms with E-state index in [4.69, 9.17) is 14.2 Å². The molecule has 0 fully saturated rings. The van der Waals surface area contributed by atoms with Crippen LogP contribution in [0.4, 0.5) is 8.78 Å². The number of hydrogen-bond donors (Lipinski definition) is 0. The Morgan fingerprint density at radius 1 is 0.893 bits per heavy atom. The minimum Gasteiger partial charge on any atom is -0.491 e. The first kappa shape index (κ1) is 19.4. The topological polar surface area (TPSA) is 44.8 Å². The van der Waals surface area contributed by atoms with Crippen LogP contribution in [0.3, 0.4) is 0 Å². The minimum absolute atomic E-state index is 0.0163. The van der Waals surface area contributed by atoms with Gasteiger partial charge < -0.3 is 14.2 Å². The smallest absolute Gasteiger partial charge is 0.347 e. The number of carbonyl (C=O) groups excluding carboxylic acids is 1. The number of halogens is 2. The summed E-state index contributed by atoms with van der Waals surface area (Å²) >= 11 is 0. The monoisotopic (exact) mass is 384 g/mol. The molecule has 0 aliphatic carbocycles. The number of rotatable bonds is 6. The predicted octanol–water partition coefficient (Wildman–Crippen LogP) is 5.08. The lowest BCUT2D eigenvalue weighted by molar-refractivity contribution is 0.0726. The van der Waals surface area contributed by atoms with E-state index in [1.54, 1.807) is 54.6 Å². The van der Waals surface area contributed by atoms with Gasteiger partial charge >= 0.3 is 5.97 Å². The number of benzene rings is 3. The highest BCUT2D eigenvalue weighted by molar-refractivity contribution is 5.96. The maximum atomic E-state index is 14.9. The molecule has 3 aromatic carbocycles. The molecule has 28 heavy (non-hydrogen) atoms. The maximum Gasteiger partial charge on any atom is 0.347 e. The molecule has 0 aromatic heterocycles. The molecule has 3 rings (SSSR count). The first-order valence-electron chi connectivity index (χ1n) is 8.52. The van der Waals surface area contributed by atoms with Crippen molar-refractivity contribution in [2.75, 3.05) is 7.11 Å². The molecule has 0 saturated carbocycles. The third kappa shape index (κ3) is 3.96. The lowest BCUT2D eigenvalue weighted by atomic mass is 10.1. The van der Waals surface area contributed by atoms with Crippen LogP contribution in [0.1, 0.15) is 21.5 Å². The van der Waals surface area contributed by atoms with Gasteiger partial charge in [0.1, 0.15) is 17.9 Å². The zero-order valence-corrected chi connectivity index (χ0v) is 15.4. The zero-order chi connectivity index (χ0) is 20.1. The normalized spacial score (nSPS) is 10.4. The second-order valence-electron chi connectivity index (χ2n) is 5.97. The number of methoxy groups -OCH3 is 1. The van der Waals surface area contributed by atoms with Crippen molar-refractivity contribution in [3.05, 3.63) is 89.0 Å². The van der Waals surface area contributed by atoms with Crippen LogP contribution in [0, 0.1) is 18.6 Å². The summed E-state index contributed by atoms with van der Waals surface area (Å²) in [5, 5.41) is 0. The van der Waals surface area contributed by atoms with Crippen molar-refractivity contribution in [1.29, 1.82) is 0 Å². The van der Waals surface area contributed by atoms with Crippen molar-refractivity contribution in [3.8, 4) is 17.2 Å². The Hall–Kier alpha value is -3.41. The van der Waals surface area contributed by atoms with Gasteiger partial charge in [-0.25, -0.2) is 9.18 Å². The highest BCUT2D eigenvalue weighted by Gasteiger charge is 2.29. The Morgan fingerprint density at radius 2 is 1.50 bits per heavy atom. The van der Waals surface area contributed by atoms with E-state index < -0.39 is 29.1 Å². The summed E-state index contributed by atoms with van der Waals surface area (Å²) < 4.78 is 45.1. The van der Waals surface area contributed by atoms with Crippen molar-refractivity contribution in [3.63, 3.8) is 0 Å². The van der Waals surface area contributed by atoms with Gasteiger partial charge in [0, 0.05) is 5.56 Å². The Labute approximate surface area is 161 Å². The summed E-state index contributed by atoms with van der Waals surface area (Å²) in [6, 6.07) is 17.2. The van der Waals surface area contributed by atoms with E-state index in [1.165, 1.54) is 6.92 Å². The van der Waals surface area contributed by atoms with Gasteiger partial charge in [-0.3, -0.25) is 0 Å². The van der Waals surface area contributed by atoms with Crippen LogP contribution in [0.2, 0.25) is 0 Å². The third-order valence-electron chi connectivity index (χ3n) is 4.12. The summed E-state index contributed by atoms with van der Waals surface area (Å²) in [7, 11) is 1.14. The van der Waals surface area contributed by atoms with Gasteiger partial charge in [-0.05, 0) is 24.6 Å². The summed E-state index contributed by atoms with van der Waals surface area (Å²) in [5.41, 5.74) is 0.308. The molecule has 0 bridgehead atoms. The highest BCUT2D eigenvalue weighted by Crippen LogP contribution is 2.37. The molecule has 6 heteroatoms. The van der Waals surface area contributed by atoms with Crippen molar-refractivity contribution in [1.82, 2.24) is 0 Å². The standard InChI is InChI=1S/C22H18F2O4/c1-14-17(22(25)28-16-11-7-4-8-12-16)20(19(24)21(26-2)18(14)23)27-13-15-9-5-3-6-10-15/h3-12H,13H2,1-2H3. The maximum absolute atomic E-state index is 14.9. The molecule has 0 N–H and O–H groups in total. The predicted molar refractivity (Wildman–Crippen MR) is 99.8 cm³/mol. The zero-order valence-electron chi connectivity index (χ0n) is 15.4. The lowest BCUT2D eigenvalue weighted by Crippen LogP contribution is -2.16. The molecule has 0 saturated heterocycles. The lowest BCUT2D eigenvalue weighted by Gasteiger charge is -2.17. The molecule has 0 atom stereocenters. The van der Waals surface area contributed by atoms with Gasteiger partial charge in [0.2, 0.25) is 5.82 Å². The molecule has 0 amide bonds. The molecular weight excluding hydrogens is 366 g/mol. The van der Waals surface area contributed by atoms with Crippen molar-refractivity contribution in [2.24, 2.45) is 0 Å². The minimum atomic E-state index is -1.10. The SMILES string of the molecule is COc1c(F)c(C)c(C(=O)Oc2ccccc2)c(OCc2ccccc2)c1F. The van der Waals surface area contributed by atoms with E-state index in [0.717, 1.165) is 12.7 Å². The fourth-order valence-corrected chi connectivity index (χ4v) is 2.70. The molecule has 0 spiro atoms. The van der Waals surface area contributed by atoms with Crippen LogP contribution in [-0.2, 0) is 6.61 Å². The molecular formula is C22H18F2O4. The van der Waals surface area contributed by atoms with Crippen LogP contribution in [-0.4, -0.2) is 13.1 Å². The van der Waals surface area contributed by atoms with E-state index in [0.29, 0.717) is 0 Å². The molecule has 0 heterocycles. The van der Waals surface area contributed by atoms with Gasteiger partial charge in [-0.15, -0.1) is 0 Å². The van der Waals surface area contributed by atoms with Crippen LogP contribution in [0.15, 0.2) is 60.7 Å². The molecule has 0 aliphatic heterocycles. The summed E-state index contributed by atoms with van der Waals surface area (Å²) in [6.45, 7) is 1.33. The van der Waals surface area contributed by atoms with E-state index in [2.05, 4.69) is 0 Å². The average molecular weight is 384 g/mol. The molecule has 0 radical (unpaired) electrons. The highest BCUT2D eigenvalue weighted by atomic mass is 19.1. The van der Waals surface area contributed by atoms with Gasteiger partial charge in [-0.1, -0.05) is 48.5 Å². The fourth-order valence-electron chi connectivity index (χ4n) is 2.70. The van der Waals surface area contributed by atoms with E-state index >= 15 is 0 Å². The van der Waals surface area contributed by atoms with Crippen LogP contribution in [0.25, 0.3) is 0 Å². The number of ether oxygens (including phenoxy) is 3. The summed E-state index contributed by atoms with van der Waals surface area (Å²) in [4.78, 5) is 12.7. The largest absolute Gasteiger partial charge is 0.491 e. The van der Waals surface area contributed by atoms with Crippen LogP contribution in [0.5, 0.6) is 17.2 Å². The van der Waals surface area contributed by atoms with Crippen molar-refractivity contribution >= 4 is 5.97 Å².